The Bertz CT molecular complexity index is 708. The number of fused-ring (bicyclic) bond motifs is 1. The summed E-state index contributed by atoms with van der Waals surface area (Å²) in [7, 11) is -2.41. The van der Waals surface area contributed by atoms with Gasteiger partial charge in [0.1, 0.15) is 10.6 Å². The standard InChI is InChI=1S/C12H10F2N2O3S/c1-3-7-16(2)11-10-8(19-12(13)14)5-4-6-9(10)20(17,18)15-11/h1,4-6,12H,7H2,2H3. The first kappa shape index (κ1) is 14.3. The molecular weight excluding hydrogens is 290 g/mol. The summed E-state index contributed by atoms with van der Waals surface area (Å²) < 4.78 is 56.5. The molecule has 1 aromatic rings. The van der Waals surface area contributed by atoms with Gasteiger partial charge >= 0.3 is 6.61 Å². The van der Waals surface area contributed by atoms with Crippen molar-refractivity contribution in [2.24, 2.45) is 4.40 Å². The molecule has 0 aromatic heterocycles. The van der Waals surface area contributed by atoms with Crippen LogP contribution in [-0.4, -0.2) is 39.4 Å². The summed E-state index contributed by atoms with van der Waals surface area (Å²) in [5, 5.41) is 0. The minimum absolute atomic E-state index is 0.00514. The molecule has 1 aliphatic heterocycles. The normalized spacial score (nSPS) is 15.4. The molecule has 0 amide bonds. The summed E-state index contributed by atoms with van der Waals surface area (Å²) in [6.45, 7) is -2.99. The number of hydrogen-bond acceptors (Lipinski definition) is 4. The van der Waals surface area contributed by atoms with Crippen molar-refractivity contribution in [3.05, 3.63) is 23.8 Å². The van der Waals surface area contributed by atoms with Gasteiger partial charge in [0.05, 0.1) is 12.1 Å². The van der Waals surface area contributed by atoms with Crippen LogP contribution in [0.1, 0.15) is 5.56 Å². The number of rotatable bonds is 3. The van der Waals surface area contributed by atoms with Gasteiger partial charge in [0.25, 0.3) is 10.0 Å². The monoisotopic (exact) mass is 300 g/mol. The maximum atomic E-state index is 12.4. The molecule has 0 aliphatic carbocycles. The molecular formula is C12H10F2N2O3S. The van der Waals surface area contributed by atoms with Crippen molar-refractivity contribution in [1.82, 2.24) is 4.90 Å². The van der Waals surface area contributed by atoms with Crippen molar-refractivity contribution in [1.29, 1.82) is 0 Å². The Morgan fingerprint density at radius 1 is 1.50 bits per heavy atom. The zero-order chi connectivity index (χ0) is 14.9. The van der Waals surface area contributed by atoms with Gasteiger partial charge < -0.3 is 9.64 Å². The number of nitrogens with zero attached hydrogens (tertiary/aromatic N) is 2. The molecule has 1 heterocycles. The molecule has 0 saturated carbocycles. The highest BCUT2D eigenvalue weighted by atomic mass is 32.2. The lowest BCUT2D eigenvalue weighted by Gasteiger charge is -2.17. The molecule has 0 N–H and O–H groups in total. The molecule has 5 nitrogen and oxygen atoms in total. The number of terminal acetylenes is 1. The molecule has 2 rings (SSSR count). The van der Waals surface area contributed by atoms with E-state index in [1.165, 1.54) is 30.1 Å². The molecule has 0 fully saturated rings. The summed E-state index contributed by atoms with van der Waals surface area (Å²) in [6.07, 6.45) is 5.16. The van der Waals surface area contributed by atoms with Crippen LogP contribution in [0, 0.1) is 12.3 Å². The van der Waals surface area contributed by atoms with Crippen molar-refractivity contribution in [2.75, 3.05) is 13.6 Å². The molecule has 0 spiro atoms. The van der Waals surface area contributed by atoms with E-state index in [9.17, 15) is 17.2 Å². The molecule has 1 aromatic carbocycles. The number of amidine groups is 1. The molecule has 0 unspecified atom stereocenters. The Labute approximate surface area is 114 Å². The predicted molar refractivity (Wildman–Crippen MR) is 68.3 cm³/mol. The third-order valence-electron chi connectivity index (χ3n) is 2.60. The van der Waals surface area contributed by atoms with E-state index in [1.807, 2.05) is 0 Å². The van der Waals surface area contributed by atoms with E-state index in [2.05, 4.69) is 15.1 Å². The van der Waals surface area contributed by atoms with E-state index in [0.717, 1.165) is 0 Å². The van der Waals surface area contributed by atoms with Crippen molar-refractivity contribution in [2.45, 2.75) is 11.5 Å². The summed E-state index contributed by atoms with van der Waals surface area (Å²) >= 11 is 0. The van der Waals surface area contributed by atoms with Gasteiger partial charge in [-0.05, 0) is 12.1 Å². The van der Waals surface area contributed by atoms with E-state index in [0.29, 0.717) is 0 Å². The lowest BCUT2D eigenvalue weighted by atomic mass is 10.1. The molecule has 0 bridgehead atoms. The quantitative estimate of drug-likeness (QED) is 0.790. The van der Waals surface area contributed by atoms with Crippen molar-refractivity contribution in [3.63, 3.8) is 0 Å². The molecule has 0 atom stereocenters. The van der Waals surface area contributed by atoms with Crippen molar-refractivity contribution < 1.29 is 21.9 Å². The molecule has 20 heavy (non-hydrogen) atoms. The van der Waals surface area contributed by atoms with E-state index in [4.69, 9.17) is 6.42 Å². The number of ether oxygens (including phenoxy) is 1. The van der Waals surface area contributed by atoms with E-state index < -0.39 is 16.6 Å². The summed E-state index contributed by atoms with van der Waals surface area (Å²) in [5.41, 5.74) is 0.00514. The Morgan fingerprint density at radius 2 is 2.20 bits per heavy atom. The average Bonchev–Trinajstić information content (AvgIpc) is 2.63. The Kier molecular flexibility index (Phi) is 3.63. The Morgan fingerprint density at radius 3 is 2.80 bits per heavy atom. The SMILES string of the molecule is C#CCN(C)C1=NS(=O)(=O)c2cccc(OC(F)F)c21. The fraction of sp³-hybridized carbons (Fsp3) is 0.250. The molecule has 1 aliphatic rings. The highest BCUT2D eigenvalue weighted by Gasteiger charge is 2.34. The highest BCUT2D eigenvalue weighted by Crippen LogP contribution is 2.34. The van der Waals surface area contributed by atoms with Crippen LogP contribution in [0.2, 0.25) is 0 Å². The van der Waals surface area contributed by atoms with E-state index >= 15 is 0 Å². The largest absolute Gasteiger partial charge is 0.434 e. The fourth-order valence-electron chi connectivity index (χ4n) is 1.82. The number of benzene rings is 1. The van der Waals surface area contributed by atoms with Gasteiger partial charge in [-0.15, -0.1) is 10.8 Å². The van der Waals surface area contributed by atoms with Gasteiger partial charge in [0, 0.05) is 7.05 Å². The average molecular weight is 300 g/mol. The van der Waals surface area contributed by atoms with Crippen LogP contribution in [0.3, 0.4) is 0 Å². The van der Waals surface area contributed by atoms with Crippen LogP contribution >= 0.6 is 0 Å². The second-order valence-corrected chi connectivity index (χ2v) is 5.53. The Balaban J connectivity index is 2.60. The van der Waals surface area contributed by atoms with Gasteiger partial charge in [-0.1, -0.05) is 12.0 Å². The summed E-state index contributed by atoms with van der Waals surface area (Å²) in [5.74, 6) is 2.07. The van der Waals surface area contributed by atoms with Crippen LogP contribution in [0.5, 0.6) is 5.75 Å². The number of hydrogen-bond donors (Lipinski definition) is 0. The maximum Gasteiger partial charge on any atom is 0.387 e. The minimum Gasteiger partial charge on any atom is -0.434 e. The van der Waals surface area contributed by atoms with E-state index in [1.54, 1.807) is 0 Å². The second kappa shape index (κ2) is 5.09. The summed E-state index contributed by atoms with van der Waals surface area (Å²) in [4.78, 5) is 1.20. The third-order valence-corrected chi connectivity index (χ3v) is 3.91. The predicted octanol–water partition coefficient (Wildman–Crippen LogP) is 1.30. The molecule has 106 valence electrons. The smallest absolute Gasteiger partial charge is 0.387 e. The number of sulfonamides is 1. The van der Waals surface area contributed by atoms with Crippen LogP contribution in [-0.2, 0) is 10.0 Å². The van der Waals surface area contributed by atoms with Crippen molar-refractivity contribution >= 4 is 15.9 Å². The third kappa shape index (κ3) is 2.44. The zero-order valence-electron chi connectivity index (χ0n) is 10.4. The lowest BCUT2D eigenvalue weighted by Crippen LogP contribution is -2.27. The number of alkyl halides is 2. The molecule has 8 heteroatoms. The van der Waals surface area contributed by atoms with Gasteiger partial charge in [-0.3, -0.25) is 0 Å². The fourth-order valence-corrected chi connectivity index (χ4v) is 3.08. The van der Waals surface area contributed by atoms with Crippen LogP contribution in [0.15, 0.2) is 27.5 Å². The first-order valence-corrected chi connectivity index (χ1v) is 6.88. The second-order valence-electron chi connectivity index (χ2n) is 3.96. The van der Waals surface area contributed by atoms with Crippen LogP contribution in [0.25, 0.3) is 0 Å². The molecule has 0 saturated heterocycles. The molecule has 0 radical (unpaired) electrons. The van der Waals surface area contributed by atoms with Crippen molar-refractivity contribution in [3.8, 4) is 18.1 Å². The summed E-state index contributed by atoms with van der Waals surface area (Å²) in [6, 6.07) is 3.85. The topological polar surface area (TPSA) is 59.0 Å². The maximum absolute atomic E-state index is 12.4. The Hall–Kier alpha value is -2.14. The zero-order valence-corrected chi connectivity index (χ0v) is 11.2. The lowest BCUT2D eigenvalue weighted by molar-refractivity contribution is -0.0501. The van der Waals surface area contributed by atoms with Gasteiger partial charge in [-0.25, -0.2) is 0 Å². The van der Waals surface area contributed by atoms with Gasteiger partial charge in [0.2, 0.25) is 0 Å². The highest BCUT2D eigenvalue weighted by molar-refractivity contribution is 7.90. The van der Waals surface area contributed by atoms with E-state index in [-0.39, 0.29) is 28.6 Å². The van der Waals surface area contributed by atoms with Crippen LogP contribution in [0.4, 0.5) is 8.78 Å². The first-order valence-electron chi connectivity index (χ1n) is 5.44. The van der Waals surface area contributed by atoms with Crippen LogP contribution < -0.4 is 4.74 Å². The number of halogens is 2. The van der Waals surface area contributed by atoms with Gasteiger partial charge in [0.15, 0.2) is 5.84 Å². The van der Waals surface area contributed by atoms with Gasteiger partial charge in [-0.2, -0.15) is 17.2 Å². The first-order chi connectivity index (χ1) is 9.36. The minimum atomic E-state index is -3.92.